The van der Waals surface area contributed by atoms with Crippen molar-refractivity contribution in [1.82, 2.24) is 14.0 Å². The second kappa shape index (κ2) is 11.2. The molecule has 1 aromatic heterocycles. The number of aliphatic hydroxyl groups is 1. The second-order valence-electron chi connectivity index (χ2n) is 10.2. The lowest BCUT2D eigenvalue weighted by Gasteiger charge is -2.39. The van der Waals surface area contributed by atoms with Crippen molar-refractivity contribution < 1.29 is 14.6 Å². The molecule has 1 N–H and O–H groups in total. The Hall–Kier alpha value is -3.26. The molecule has 0 bridgehead atoms. The van der Waals surface area contributed by atoms with Crippen molar-refractivity contribution in [2.24, 2.45) is 7.05 Å². The van der Waals surface area contributed by atoms with Crippen molar-refractivity contribution >= 4 is 22.6 Å². The summed E-state index contributed by atoms with van der Waals surface area (Å²) in [6.07, 6.45) is 1.59. The molecule has 1 saturated heterocycles. The van der Waals surface area contributed by atoms with E-state index in [0.717, 1.165) is 47.4 Å². The van der Waals surface area contributed by atoms with E-state index in [9.17, 15) is 9.90 Å². The molecule has 0 aliphatic carbocycles. The number of aromatic nitrogens is 2. The van der Waals surface area contributed by atoms with E-state index < -0.39 is 5.60 Å². The molecule has 1 aliphatic heterocycles. The summed E-state index contributed by atoms with van der Waals surface area (Å²) in [6, 6.07) is 21.5. The Bertz CT molecular complexity index is 1460. The monoisotopic (exact) mass is 535 g/mol. The molecule has 4 aromatic rings. The van der Waals surface area contributed by atoms with Crippen LogP contribution in [0.25, 0.3) is 11.0 Å². The third kappa shape index (κ3) is 5.90. The smallest absolute Gasteiger partial charge is 0.328 e. The van der Waals surface area contributed by atoms with Gasteiger partial charge in [0.25, 0.3) is 0 Å². The molecule has 2 heterocycles. The highest BCUT2D eigenvalue weighted by atomic mass is 35.5. The van der Waals surface area contributed by atoms with Crippen molar-refractivity contribution in [2.75, 3.05) is 26.3 Å². The molecule has 3 aromatic carbocycles. The Balaban J connectivity index is 1.13. The van der Waals surface area contributed by atoms with Crippen LogP contribution in [0.4, 0.5) is 0 Å². The summed E-state index contributed by atoms with van der Waals surface area (Å²) in [5.74, 6) is 1.37. The number of hydrogen-bond acceptors (Lipinski definition) is 5. The van der Waals surface area contributed by atoms with Crippen LogP contribution in [0.3, 0.4) is 0 Å². The van der Waals surface area contributed by atoms with Crippen LogP contribution in [-0.2, 0) is 20.1 Å². The van der Waals surface area contributed by atoms with Crippen molar-refractivity contribution in [3.63, 3.8) is 0 Å². The zero-order valence-electron chi connectivity index (χ0n) is 21.9. The highest BCUT2D eigenvalue weighted by molar-refractivity contribution is 6.32. The van der Waals surface area contributed by atoms with Gasteiger partial charge in [-0.3, -0.25) is 14.0 Å². The fourth-order valence-electron chi connectivity index (χ4n) is 5.18. The fraction of sp³-hybridized carbons (Fsp3) is 0.367. The highest BCUT2D eigenvalue weighted by Gasteiger charge is 2.34. The molecule has 0 amide bonds. The predicted molar refractivity (Wildman–Crippen MR) is 150 cm³/mol. The maximum Gasteiger partial charge on any atom is 0.328 e. The number of para-hydroxylation sites is 2. The van der Waals surface area contributed by atoms with Crippen molar-refractivity contribution in [1.29, 1.82) is 0 Å². The maximum absolute atomic E-state index is 12.6. The summed E-state index contributed by atoms with van der Waals surface area (Å²) < 4.78 is 15.3. The normalized spacial score (nSPS) is 18.1. The number of likely N-dealkylation sites (tertiary alicyclic amines) is 1. The summed E-state index contributed by atoms with van der Waals surface area (Å²) in [6.45, 7) is 5.27. The van der Waals surface area contributed by atoms with Gasteiger partial charge in [-0.05, 0) is 73.8 Å². The lowest BCUT2D eigenvalue weighted by molar-refractivity contribution is -0.0620. The number of ether oxygens (including phenoxy) is 2. The molecule has 1 atom stereocenters. The summed E-state index contributed by atoms with van der Waals surface area (Å²) in [5, 5.41) is 11.8. The van der Waals surface area contributed by atoms with E-state index in [4.69, 9.17) is 21.1 Å². The summed E-state index contributed by atoms with van der Waals surface area (Å²) in [4.78, 5) is 14.8. The first-order chi connectivity index (χ1) is 18.3. The molecule has 0 saturated carbocycles. The van der Waals surface area contributed by atoms with Crippen LogP contribution in [-0.4, -0.2) is 51.0 Å². The Morgan fingerprint density at radius 3 is 2.58 bits per heavy atom. The van der Waals surface area contributed by atoms with E-state index >= 15 is 0 Å². The number of piperidine rings is 1. The Morgan fingerprint density at radius 1 is 1.03 bits per heavy atom. The zero-order chi connectivity index (χ0) is 26.7. The number of β-amino-alcohol motifs (C(OH)–C–C–N with tert-alkyl or cyclic N) is 1. The average molecular weight is 536 g/mol. The van der Waals surface area contributed by atoms with Gasteiger partial charge in [0, 0.05) is 20.1 Å². The Kier molecular flexibility index (Phi) is 7.79. The average Bonchev–Trinajstić information content (AvgIpc) is 3.15. The predicted octanol–water partition coefficient (Wildman–Crippen LogP) is 4.79. The highest BCUT2D eigenvalue weighted by Crippen LogP contribution is 2.29. The number of benzene rings is 3. The molecule has 0 unspecified atom stereocenters. The third-order valence-electron chi connectivity index (χ3n) is 7.18. The largest absolute Gasteiger partial charge is 0.492 e. The van der Waals surface area contributed by atoms with E-state index in [1.54, 1.807) is 16.2 Å². The molecule has 7 nitrogen and oxygen atoms in total. The number of hydrogen-bond donors (Lipinski definition) is 1. The van der Waals surface area contributed by atoms with E-state index in [-0.39, 0.29) is 12.3 Å². The first kappa shape index (κ1) is 26.4. The number of imidazole rings is 1. The molecule has 8 heteroatoms. The standard InChI is InChI=1S/C30H34ClN3O4/c1-22-8-13-25(31)28(18-22)38-21-30(36)14-5-15-33(20-30)19-23-9-11-24(12-10-23)37-17-16-34-27-7-4-3-6-26(27)32(2)29(34)35/h3-4,6-13,18,36H,5,14-17,19-21H2,1-2H3/t30-/m1/s1. The van der Waals surface area contributed by atoms with Crippen LogP contribution in [0, 0.1) is 6.92 Å². The molecule has 1 fully saturated rings. The number of nitrogens with zero attached hydrogens (tertiary/aromatic N) is 3. The molecule has 1 aliphatic rings. The van der Waals surface area contributed by atoms with Crippen LogP contribution in [0.1, 0.15) is 24.0 Å². The van der Waals surface area contributed by atoms with Crippen molar-refractivity contribution in [2.45, 2.75) is 38.5 Å². The molecule has 200 valence electrons. The number of halogens is 1. The molecular formula is C30H34ClN3O4. The molecule has 0 spiro atoms. The fourth-order valence-corrected chi connectivity index (χ4v) is 5.35. The van der Waals surface area contributed by atoms with Crippen molar-refractivity contribution in [3.05, 3.63) is 93.4 Å². The van der Waals surface area contributed by atoms with Gasteiger partial charge in [-0.2, -0.15) is 0 Å². The van der Waals surface area contributed by atoms with Gasteiger partial charge in [0.1, 0.15) is 30.3 Å². The van der Waals surface area contributed by atoms with Gasteiger partial charge in [0.2, 0.25) is 0 Å². The summed E-state index contributed by atoms with van der Waals surface area (Å²) >= 11 is 6.26. The zero-order valence-corrected chi connectivity index (χ0v) is 22.7. The first-order valence-electron chi connectivity index (χ1n) is 13.0. The van der Waals surface area contributed by atoms with Crippen LogP contribution < -0.4 is 15.2 Å². The van der Waals surface area contributed by atoms with Crippen LogP contribution >= 0.6 is 11.6 Å². The van der Waals surface area contributed by atoms with Gasteiger partial charge < -0.3 is 14.6 Å². The third-order valence-corrected chi connectivity index (χ3v) is 7.49. The minimum atomic E-state index is -0.923. The molecule has 0 radical (unpaired) electrons. The van der Waals surface area contributed by atoms with Crippen LogP contribution in [0.5, 0.6) is 11.5 Å². The first-order valence-corrected chi connectivity index (χ1v) is 13.4. The lowest BCUT2D eigenvalue weighted by Crippen LogP contribution is -2.51. The SMILES string of the molecule is Cc1ccc(Cl)c(OC[C@@]2(O)CCCN(Cc3ccc(OCCn4c(=O)n(C)c5ccccc54)cc3)C2)c1. The molecule has 5 rings (SSSR count). The lowest BCUT2D eigenvalue weighted by atomic mass is 9.93. The minimum absolute atomic E-state index is 0.0426. The van der Waals surface area contributed by atoms with Gasteiger partial charge in [-0.25, -0.2) is 4.79 Å². The van der Waals surface area contributed by atoms with E-state index in [2.05, 4.69) is 17.0 Å². The van der Waals surface area contributed by atoms with Gasteiger partial charge in [0.15, 0.2) is 0 Å². The number of fused-ring (bicyclic) bond motifs is 1. The molecule has 38 heavy (non-hydrogen) atoms. The van der Waals surface area contributed by atoms with E-state index in [0.29, 0.717) is 36.9 Å². The molecular weight excluding hydrogens is 502 g/mol. The van der Waals surface area contributed by atoms with Gasteiger partial charge in [0.05, 0.1) is 22.6 Å². The maximum atomic E-state index is 12.6. The Morgan fingerprint density at radius 2 is 1.79 bits per heavy atom. The quantitative estimate of drug-likeness (QED) is 0.334. The van der Waals surface area contributed by atoms with Crippen molar-refractivity contribution in [3.8, 4) is 11.5 Å². The number of rotatable bonds is 9. The van der Waals surface area contributed by atoms with E-state index in [1.807, 2.05) is 61.5 Å². The van der Waals surface area contributed by atoms with Gasteiger partial charge in [-0.1, -0.05) is 41.9 Å². The van der Waals surface area contributed by atoms with Crippen LogP contribution in [0.2, 0.25) is 5.02 Å². The second-order valence-corrected chi connectivity index (χ2v) is 10.6. The minimum Gasteiger partial charge on any atom is -0.492 e. The van der Waals surface area contributed by atoms with Gasteiger partial charge in [-0.15, -0.1) is 0 Å². The van der Waals surface area contributed by atoms with Crippen LogP contribution in [0.15, 0.2) is 71.5 Å². The van der Waals surface area contributed by atoms with Gasteiger partial charge >= 0.3 is 5.69 Å². The number of aryl methyl sites for hydroxylation is 2. The Labute approximate surface area is 227 Å². The topological polar surface area (TPSA) is 68.9 Å². The van der Waals surface area contributed by atoms with E-state index in [1.165, 1.54) is 0 Å². The summed E-state index contributed by atoms with van der Waals surface area (Å²) in [7, 11) is 1.79. The summed E-state index contributed by atoms with van der Waals surface area (Å²) in [5.41, 5.74) is 3.07.